The molecule has 2 unspecified atom stereocenters. The van der Waals surface area contributed by atoms with Gasteiger partial charge in [-0.15, -0.1) is 6.58 Å². The minimum absolute atomic E-state index is 0.0513. The number of azide groups is 2. The van der Waals surface area contributed by atoms with Gasteiger partial charge in [0.15, 0.2) is 31.1 Å². The van der Waals surface area contributed by atoms with Gasteiger partial charge in [0.1, 0.15) is 110 Å². The molecule has 620 valence electrons. The molecule has 2 N–H and O–H groups in total. The van der Waals surface area contributed by atoms with Crippen LogP contribution in [-0.4, -0.2) is 211 Å². The van der Waals surface area contributed by atoms with Crippen molar-refractivity contribution in [3.63, 3.8) is 0 Å². The molecule has 0 aliphatic carbocycles. The molecule has 32 heteroatoms. The van der Waals surface area contributed by atoms with Crippen LogP contribution in [0.25, 0.3) is 20.9 Å². The zero-order chi connectivity index (χ0) is 82.7. The Kier molecular flexibility index (Phi) is 32.3. The third kappa shape index (κ3) is 23.1. The summed E-state index contributed by atoms with van der Waals surface area (Å²) >= 11 is 0. The summed E-state index contributed by atoms with van der Waals surface area (Å²) in [5.41, 5.74) is 21.4. The van der Waals surface area contributed by atoms with Crippen LogP contribution in [-0.2, 0) is 121 Å². The summed E-state index contributed by atoms with van der Waals surface area (Å²) in [5, 5.41) is 34.5. The Balaban J connectivity index is 1.23. The topological polar surface area (TPSA) is 372 Å². The van der Waals surface area contributed by atoms with E-state index in [0.29, 0.717) is 22.4 Å². The number of aliphatic hydroxyl groups is 2. The lowest BCUT2D eigenvalue weighted by Gasteiger charge is -2.54. The average Bonchev–Trinajstić information content (AvgIpc) is 0.746. The van der Waals surface area contributed by atoms with Gasteiger partial charge in [0.2, 0.25) is 6.29 Å². The van der Waals surface area contributed by atoms with E-state index in [0.717, 1.165) is 12.5 Å². The number of esters is 4. The number of aliphatic hydroxyl groups excluding tert-OH is 2. The number of carbonyl (C=O) groups is 4. The van der Waals surface area contributed by atoms with Crippen molar-refractivity contribution in [3.05, 3.63) is 201 Å². The van der Waals surface area contributed by atoms with E-state index in [1.54, 1.807) is 72.8 Å². The largest absolute Gasteiger partial charge is 0.497 e. The van der Waals surface area contributed by atoms with E-state index < -0.39 is 197 Å². The van der Waals surface area contributed by atoms with Crippen LogP contribution in [0.2, 0.25) is 36.3 Å². The number of rotatable bonds is 36. The van der Waals surface area contributed by atoms with Crippen LogP contribution in [0.4, 0.5) is 0 Å². The first kappa shape index (κ1) is 89.7. The molecule has 0 saturated carbocycles. The van der Waals surface area contributed by atoms with Crippen molar-refractivity contribution in [1.82, 2.24) is 0 Å². The Morgan fingerprint density at radius 3 is 1.15 bits per heavy atom. The van der Waals surface area contributed by atoms with Gasteiger partial charge in [0.05, 0.1) is 67.7 Å². The van der Waals surface area contributed by atoms with E-state index in [-0.39, 0.29) is 38.8 Å². The van der Waals surface area contributed by atoms with Crippen molar-refractivity contribution >= 4 is 40.0 Å². The number of methoxy groups -OCH3 is 1. The van der Waals surface area contributed by atoms with E-state index in [1.165, 1.54) is 34.0 Å². The third-order valence-electron chi connectivity index (χ3n) is 21.9. The Labute approximate surface area is 667 Å². The summed E-state index contributed by atoms with van der Waals surface area (Å²) in [7, 11) is -4.80. The second-order valence-corrected chi connectivity index (χ2v) is 42.8. The quantitative estimate of drug-likeness (QED) is 0.00715. The van der Waals surface area contributed by atoms with E-state index in [4.69, 9.17) is 85.3 Å². The lowest BCUT2D eigenvalue weighted by atomic mass is 9.93. The van der Waals surface area contributed by atoms with Gasteiger partial charge in [0, 0.05) is 37.5 Å². The number of ether oxygens (including phenoxy) is 18. The van der Waals surface area contributed by atoms with Crippen molar-refractivity contribution in [3.8, 4) is 11.5 Å². The van der Waals surface area contributed by atoms with Gasteiger partial charge in [0.25, 0.3) is 0 Å². The molecule has 114 heavy (non-hydrogen) atoms. The van der Waals surface area contributed by atoms with Crippen LogP contribution in [0.15, 0.2) is 168 Å². The van der Waals surface area contributed by atoms with Gasteiger partial charge in [-0.3, -0.25) is 19.2 Å². The normalized spacial score (nSPS) is 28.5. The molecule has 5 aromatic rings. The van der Waals surface area contributed by atoms with E-state index >= 15 is 0 Å². The smallest absolute Gasteiger partial charge is 0.303 e. The molecule has 0 spiro atoms. The minimum Gasteiger partial charge on any atom is -0.497 e. The summed E-state index contributed by atoms with van der Waals surface area (Å²) in [5.74, 6) is -2.33. The molecule has 0 amide bonds. The third-order valence-corrected chi connectivity index (χ3v) is 33.2. The molecule has 5 aromatic carbocycles. The molecule has 0 radical (unpaired) electrons. The first-order valence-corrected chi connectivity index (χ1v) is 44.2. The van der Waals surface area contributed by atoms with Crippen LogP contribution in [0.3, 0.4) is 0 Å². The zero-order valence-corrected chi connectivity index (χ0v) is 69.4. The van der Waals surface area contributed by atoms with Gasteiger partial charge >= 0.3 is 23.9 Å². The SMILES string of the molecule is C=CCO[C@H]1[C@H](OCc2ccccc2)[C@@H](N=[N+]=[N-])[C@@H](O[C@H]2[C@H](OCc3ccccc3)[C@@H](OC(C)=O)[C@H](O[C@H]3[C@H](OCc4ccccc4)[C@@H](N=[N+]=[N-])[C@@H](O[C@H]4[C@H](OCc5ccccc5)[C@@H](OC(C)=O)[C@H](Oc5ccc(OC)cc5)O[C@H]4C(O)[Si](C)(C)C(C)(C)C)O[C@@H]3COC(C)=O)O[C@H]2C(O)[Si](C)(C)C(C)(C)C)O[C@@H]1COC(C)=O. The van der Waals surface area contributed by atoms with Crippen molar-refractivity contribution in [2.45, 2.75) is 266 Å². The Hall–Kier alpha value is -8.19. The second kappa shape index (κ2) is 41.1. The number of benzene rings is 5. The number of hydrogen-bond acceptors (Lipinski definition) is 26. The lowest BCUT2D eigenvalue weighted by Crippen LogP contribution is -2.71. The van der Waals surface area contributed by atoms with Gasteiger partial charge in [-0.2, -0.15) is 0 Å². The van der Waals surface area contributed by atoms with E-state index in [1.807, 2.05) is 141 Å². The fourth-order valence-electron chi connectivity index (χ4n) is 13.7. The standard InChI is InChI=1S/C82H110N6O24Si2/c1-17-42-96-63-59(47-97-49(2)89)106-77(61(85-87-83)65(63)99-43-53-30-22-18-23-31-53)109-70-68(102-46-56-36-28-21-29-37-56)74(104-52(5)92)80(112-72(70)76(94)114(15,16)82(9,10)11)108-64-60(48-98-50(3)90)107-78(62(86-88-84)66(64)100-44-54-32-24-19-25-33-54)110-69-67(101-45-55-34-26-20-27-35-55)73(103-51(4)91)79(105-58-40-38-57(95-12)39-41-58)111-71(69)75(93)113(13,14)81(6,7)8/h17-41,59-80,93-94H,1,42-48H2,2-16H3/t59-,60-,61-,62-,63-,64-,65-,66-,67+,68+,69+,70+,71-,72-,73-,74-,75?,76?,77-,78-,79-,80-/m1/s1. The van der Waals surface area contributed by atoms with Crippen LogP contribution < -0.4 is 9.47 Å². The molecule has 4 saturated heterocycles. The second-order valence-electron chi connectivity index (χ2n) is 31.7. The summed E-state index contributed by atoms with van der Waals surface area (Å²) in [4.78, 5) is 60.8. The first-order chi connectivity index (χ1) is 54.3. The predicted molar refractivity (Wildman–Crippen MR) is 420 cm³/mol. The fraction of sp³-hybridized carbons (Fsp3) is 0.561. The zero-order valence-electron chi connectivity index (χ0n) is 67.4. The van der Waals surface area contributed by atoms with E-state index in [9.17, 15) is 40.5 Å². The predicted octanol–water partition coefficient (Wildman–Crippen LogP) is 12.2. The molecule has 0 aromatic heterocycles. The molecule has 0 bridgehead atoms. The molecule has 4 heterocycles. The maximum absolute atomic E-state index is 14.2. The number of carbonyl (C=O) groups excluding carboxylic acids is 4. The lowest BCUT2D eigenvalue weighted by molar-refractivity contribution is -0.382. The van der Waals surface area contributed by atoms with E-state index in [2.05, 4.69) is 26.6 Å². The number of hydrogen-bond donors (Lipinski definition) is 2. The highest BCUT2D eigenvalue weighted by Gasteiger charge is 2.63. The maximum Gasteiger partial charge on any atom is 0.303 e. The fourth-order valence-corrected chi connectivity index (χ4v) is 17.7. The van der Waals surface area contributed by atoms with Gasteiger partial charge in [-0.05, 0) is 67.7 Å². The Morgan fingerprint density at radius 1 is 0.456 bits per heavy atom. The highest BCUT2D eigenvalue weighted by Crippen LogP contribution is 2.47. The average molecular weight is 1620 g/mol. The van der Waals surface area contributed by atoms with Crippen molar-refractivity contribution in [2.24, 2.45) is 10.2 Å². The summed E-state index contributed by atoms with van der Waals surface area (Å²) in [6.45, 7) is 26.6. The van der Waals surface area contributed by atoms with Crippen molar-refractivity contribution in [1.29, 1.82) is 0 Å². The van der Waals surface area contributed by atoms with Crippen LogP contribution in [0.5, 0.6) is 11.5 Å². The van der Waals surface area contributed by atoms with Crippen molar-refractivity contribution < 1.29 is 115 Å². The van der Waals surface area contributed by atoms with Crippen LogP contribution >= 0.6 is 0 Å². The molecule has 9 rings (SSSR count). The number of nitrogens with zero attached hydrogens (tertiary/aromatic N) is 6. The summed E-state index contributed by atoms with van der Waals surface area (Å²) < 4.78 is 121. The molecule has 4 aliphatic rings. The molecular formula is C82H110N6O24Si2. The van der Waals surface area contributed by atoms with Gasteiger partial charge in [-0.1, -0.05) is 205 Å². The van der Waals surface area contributed by atoms with Gasteiger partial charge < -0.3 is 95.5 Å². The van der Waals surface area contributed by atoms with Gasteiger partial charge in [-0.25, -0.2) is 0 Å². The Morgan fingerprint density at radius 2 is 0.798 bits per heavy atom. The van der Waals surface area contributed by atoms with Crippen molar-refractivity contribution in [2.75, 3.05) is 26.9 Å². The summed E-state index contributed by atoms with van der Waals surface area (Å²) in [6.07, 6.45) is -26.5. The molecule has 22 atom stereocenters. The molecule has 4 aliphatic heterocycles. The summed E-state index contributed by atoms with van der Waals surface area (Å²) in [6, 6.07) is 39.7. The minimum atomic E-state index is -3.24. The highest BCUT2D eigenvalue weighted by molar-refractivity contribution is 6.81. The maximum atomic E-state index is 14.2. The monoisotopic (exact) mass is 1620 g/mol. The Bertz CT molecular complexity index is 3990. The van der Waals surface area contributed by atoms with Crippen LogP contribution in [0.1, 0.15) is 91.5 Å². The molecule has 4 fully saturated rings. The molecule has 30 nitrogen and oxygen atoms in total. The molecular weight excluding hydrogens is 1510 g/mol. The highest BCUT2D eigenvalue weighted by atomic mass is 28.3. The first-order valence-electron chi connectivity index (χ1n) is 38.1. The van der Waals surface area contributed by atoms with Crippen LogP contribution in [0, 0.1) is 0 Å².